The number of benzene rings is 3. The maximum absolute atomic E-state index is 15.6. The van der Waals surface area contributed by atoms with E-state index in [0.29, 0.717) is 65.9 Å². The number of hydrogen-bond donors (Lipinski definition) is 2. The van der Waals surface area contributed by atoms with E-state index in [1.807, 2.05) is 43.1 Å². The molecule has 15 nitrogen and oxygen atoms in total. The van der Waals surface area contributed by atoms with Crippen molar-refractivity contribution in [1.82, 2.24) is 49.0 Å². The Balaban J connectivity index is 1.04. The maximum Gasteiger partial charge on any atom is 0.427 e. The fourth-order valence-electron chi connectivity index (χ4n) is 11.0. The lowest BCUT2D eigenvalue weighted by molar-refractivity contribution is -0.0592. The van der Waals surface area contributed by atoms with Gasteiger partial charge in [-0.3, -0.25) is 23.9 Å². The van der Waals surface area contributed by atoms with Crippen molar-refractivity contribution < 1.29 is 23.6 Å². The molecule has 3 aliphatic heterocycles. The molecule has 1 unspecified atom stereocenters. The van der Waals surface area contributed by atoms with Crippen LogP contribution in [-0.2, 0) is 28.6 Å². The van der Waals surface area contributed by atoms with Crippen LogP contribution < -0.4 is 16.5 Å². The number of carbonyl (C=O) groups excluding carboxylic acids is 2. The molecule has 330 valence electrons. The number of aryl methyl sites for hydroxylation is 3. The molecule has 3 fully saturated rings. The van der Waals surface area contributed by atoms with E-state index >= 15 is 9.18 Å². The smallest absolute Gasteiger partial charge is 0.376 e. The van der Waals surface area contributed by atoms with Gasteiger partial charge in [0.1, 0.15) is 23.5 Å². The van der Waals surface area contributed by atoms with Crippen molar-refractivity contribution in [3.05, 3.63) is 123 Å². The van der Waals surface area contributed by atoms with Gasteiger partial charge in [0, 0.05) is 60.9 Å². The van der Waals surface area contributed by atoms with Crippen LogP contribution in [0.3, 0.4) is 0 Å². The third kappa shape index (κ3) is 6.09. The first-order valence-electron chi connectivity index (χ1n) is 22.1. The molecular formula is C48H51FN10O5. The number of amides is 2. The summed E-state index contributed by atoms with van der Waals surface area (Å²) in [5.74, 6) is 0.381. The number of fused-ring (bicyclic) bond motifs is 3. The molecule has 7 aromatic rings. The highest BCUT2D eigenvalue weighted by molar-refractivity contribution is 6.00. The number of hydrogen-bond acceptors (Lipinski definition) is 8. The van der Waals surface area contributed by atoms with Crippen LogP contribution in [0.1, 0.15) is 97.4 Å². The fourth-order valence-corrected chi connectivity index (χ4v) is 11.0. The number of nitrogens with zero attached hydrogens (tertiary/aromatic N) is 8. The first-order valence-corrected chi connectivity index (χ1v) is 22.1. The van der Waals surface area contributed by atoms with Crippen LogP contribution in [0.2, 0.25) is 0 Å². The lowest BCUT2D eigenvalue weighted by Crippen LogP contribution is -2.49. The van der Waals surface area contributed by atoms with Gasteiger partial charge in [-0.15, -0.1) is 5.48 Å². The highest BCUT2D eigenvalue weighted by Crippen LogP contribution is 2.55. The molecule has 1 saturated carbocycles. The quantitative estimate of drug-likeness (QED) is 0.172. The summed E-state index contributed by atoms with van der Waals surface area (Å²) in [6.45, 7) is 12.8. The normalized spacial score (nSPS) is 24.0. The van der Waals surface area contributed by atoms with Crippen LogP contribution in [-0.4, -0.2) is 75.1 Å². The Labute approximate surface area is 368 Å². The molecule has 4 aromatic heterocycles. The number of ether oxygens (including phenoxy) is 1. The molecular weight excluding hydrogens is 816 g/mol. The molecule has 16 heteroatoms. The summed E-state index contributed by atoms with van der Waals surface area (Å²) in [4.78, 5) is 49.8. The van der Waals surface area contributed by atoms with Gasteiger partial charge in [-0.05, 0) is 131 Å². The summed E-state index contributed by atoms with van der Waals surface area (Å²) in [7, 11) is 1.87. The molecule has 2 saturated heterocycles. The molecule has 11 rings (SSSR count). The summed E-state index contributed by atoms with van der Waals surface area (Å²) in [5, 5.41) is 14.3. The van der Waals surface area contributed by atoms with Crippen molar-refractivity contribution in [3.63, 3.8) is 0 Å². The van der Waals surface area contributed by atoms with Gasteiger partial charge in [-0.2, -0.15) is 10.2 Å². The van der Waals surface area contributed by atoms with E-state index in [-0.39, 0.29) is 28.9 Å². The van der Waals surface area contributed by atoms with Crippen molar-refractivity contribution in [1.29, 1.82) is 0 Å². The van der Waals surface area contributed by atoms with E-state index in [1.165, 1.54) is 5.56 Å². The van der Waals surface area contributed by atoms with Crippen molar-refractivity contribution >= 4 is 33.8 Å². The topological polar surface area (TPSA) is 147 Å². The molecule has 5 atom stereocenters. The molecule has 64 heavy (non-hydrogen) atoms. The van der Waals surface area contributed by atoms with E-state index in [0.717, 1.165) is 45.9 Å². The number of aromatic nitrogens is 7. The van der Waals surface area contributed by atoms with Crippen LogP contribution in [0.15, 0.2) is 78.0 Å². The number of carbonyl (C=O) groups is 2. The molecule has 2 N–H and O–H groups in total. The molecule has 0 spiro atoms. The minimum Gasteiger partial charge on any atom is -0.376 e. The van der Waals surface area contributed by atoms with E-state index < -0.39 is 23.8 Å². The Morgan fingerprint density at radius 3 is 2.39 bits per heavy atom. The van der Waals surface area contributed by atoms with Gasteiger partial charge in [0.05, 0.1) is 46.0 Å². The Bertz CT molecular complexity index is 3130. The summed E-state index contributed by atoms with van der Waals surface area (Å²) < 4.78 is 30.0. The largest absolute Gasteiger partial charge is 0.427 e. The number of hydroxylamine groups is 1. The minimum atomic E-state index is -0.686. The van der Waals surface area contributed by atoms with Crippen LogP contribution in [0.5, 0.6) is 0 Å². The Kier molecular flexibility index (Phi) is 8.96. The standard InChI is InChI=1S/C48H51FN10O5/c1-26-18-35(19-27(2)41(26)49)59-42(57-16-15-56(46(57)62)34-9-11-37-33(21-34)25-50-54(37)7)40-29(4)55(14-12-36(40)52-59)43(60)39-22-32-20-30(31-13-17-63-47(5,6)24-31)8-10-38(32)58(39)48(23-28(48)3)44-51-45(61)64-53-44/h8-11,15-16,18-22,25,28-29,31,44,53H,12-14,17,23-24H2,1-7H3,(H,51,61)/t28-,29-,31-,44?,48-/m0/s1. The van der Waals surface area contributed by atoms with Crippen LogP contribution in [0.4, 0.5) is 9.18 Å². The fraction of sp³-hybridized carbons (Fsp3) is 0.396. The van der Waals surface area contributed by atoms with Gasteiger partial charge < -0.3 is 19.0 Å². The molecule has 0 radical (unpaired) electrons. The van der Waals surface area contributed by atoms with Crippen molar-refractivity contribution in [2.75, 3.05) is 13.2 Å². The zero-order valence-electron chi connectivity index (χ0n) is 37.0. The monoisotopic (exact) mass is 866 g/mol. The molecule has 0 bridgehead atoms. The zero-order chi connectivity index (χ0) is 44.6. The highest BCUT2D eigenvalue weighted by Gasteiger charge is 2.62. The van der Waals surface area contributed by atoms with Gasteiger partial charge in [0.2, 0.25) is 0 Å². The minimum absolute atomic E-state index is 0.0951. The van der Waals surface area contributed by atoms with E-state index in [4.69, 9.17) is 14.7 Å². The van der Waals surface area contributed by atoms with E-state index in [2.05, 4.69) is 59.4 Å². The van der Waals surface area contributed by atoms with E-state index in [9.17, 15) is 9.59 Å². The Morgan fingerprint density at radius 2 is 1.67 bits per heavy atom. The molecule has 4 aliphatic rings. The molecule has 2 amide bonds. The average Bonchev–Trinajstić information content (AvgIpc) is 3.89. The van der Waals surface area contributed by atoms with Crippen molar-refractivity contribution in [3.8, 4) is 17.2 Å². The Hall–Kier alpha value is -6.52. The van der Waals surface area contributed by atoms with Crippen LogP contribution in [0, 0.1) is 25.6 Å². The second kappa shape index (κ2) is 14.2. The number of halogens is 1. The SMILES string of the molecule is Cc1cc(-n2nc3c(c2-n2ccn(-c4ccc5c(cnn5C)c4)c2=O)[C@H](C)N(C(=O)c2cc4cc([C@H]5CCOC(C)(C)C5)ccc4n2[C@@]2(C4NOC(=O)N4)C[C@@H]2C)CC3)cc(C)c1F. The van der Waals surface area contributed by atoms with Gasteiger partial charge in [0.25, 0.3) is 5.91 Å². The summed E-state index contributed by atoms with van der Waals surface area (Å²) in [5.41, 5.74) is 8.83. The van der Waals surface area contributed by atoms with Gasteiger partial charge in [-0.25, -0.2) is 18.7 Å². The van der Waals surface area contributed by atoms with Gasteiger partial charge in [0.15, 0.2) is 0 Å². The zero-order valence-corrected chi connectivity index (χ0v) is 37.0. The third-order valence-electron chi connectivity index (χ3n) is 14.4. The summed E-state index contributed by atoms with van der Waals surface area (Å²) in [6, 6.07) is 17.2. The maximum atomic E-state index is 15.6. The van der Waals surface area contributed by atoms with Gasteiger partial charge in [-0.1, -0.05) is 13.0 Å². The lowest BCUT2D eigenvalue weighted by atomic mass is 9.83. The molecule has 3 aromatic carbocycles. The van der Waals surface area contributed by atoms with Crippen molar-refractivity contribution in [2.24, 2.45) is 13.0 Å². The van der Waals surface area contributed by atoms with Crippen molar-refractivity contribution in [2.45, 2.75) is 96.5 Å². The number of imidazole rings is 1. The first kappa shape index (κ1) is 40.3. The number of nitrogens with one attached hydrogen (secondary N) is 2. The number of rotatable bonds is 7. The third-order valence-corrected chi connectivity index (χ3v) is 14.4. The second-order valence-corrected chi connectivity index (χ2v) is 18.9. The summed E-state index contributed by atoms with van der Waals surface area (Å²) in [6.07, 6.45) is 6.99. The molecule has 7 heterocycles. The summed E-state index contributed by atoms with van der Waals surface area (Å²) >= 11 is 0. The second-order valence-electron chi connectivity index (χ2n) is 18.9. The van der Waals surface area contributed by atoms with Gasteiger partial charge >= 0.3 is 11.8 Å². The van der Waals surface area contributed by atoms with Crippen LogP contribution in [0.25, 0.3) is 39.0 Å². The highest BCUT2D eigenvalue weighted by atomic mass is 19.1. The predicted molar refractivity (Wildman–Crippen MR) is 238 cm³/mol. The lowest BCUT2D eigenvalue weighted by Gasteiger charge is -2.36. The average molecular weight is 867 g/mol. The van der Waals surface area contributed by atoms with E-state index in [1.54, 1.807) is 63.1 Å². The Morgan fingerprint density at radius 1 is 0.922 bits per heavy atom. The first-order chi connectivity index (χ1) is 30.6. The predicted octanol–water partition coefficient (Wildman–Crippen LogP) is 7.15. The van der Waals surface area contributed by atoms with Crippen LogP contribution >= 0.6 is 0 Å². The molecule has 1 aliphatic carbocycles.